The Bertz CT molecular complexity index is 857. The van der Waals surface area contributed by atoms with Gasteiger partial charge >= 0.3 is 0 Å². The maximum absolute atomic E-state index is 13.1. The molecule has 0 heterocycles. The van der Waals surface area contributed by atoms with E-state index >= 15 is 0 Å². The molecule has 9 nitrogen and oxygen atoms in total. The largest absolute Gasteiger partial charge is 0.332 e. The first-order chi connectivity index (χ1) is 11.8. The number of nitrogens with one attached hydrogen (secondary N) is 2. The molecule has 128 valence electrons. The number of carbonyl (C=O) groups is 1. The summed E-state index contributed by atoms with van der Waals surface area (Å²) >= 11 is 4.89. The van der Waals surface area contributed by atoms with Gasteiger partial charge in [-0.1, -0.05) is 6.07 Å². The number of anilines is 1. The maximum Gasteiger partial charge on any atom is 0.277 e. The molecule has 11 heteroatoms. The Labute approximate surface area is 144 Å². The summed E-state index contributed by atoms with van der Waals surface area (Å²) in [6.07, 6.45) is 0. The second kappa shape index (κ2) is 7.40. The highest BCUT2D eigenvalue weighted by atomic mass is 32.1. The average molecular weight is 364 g/mol. The van der Waals surface area contributed by atoms with Crippen molar-refractivity contribution in [3.05, 3.63) is 74.1 Å². The molecule has 0 bridgehead atoms. The molecule has 0 atom stereocenters. The van der Waals surface area contributed by atoms with Crippen LogP contribution in [0.5, 0.6) is 0 Å². The minimum Gasteiger partial charge on any atom is -0.332 e. The van der Waals surface area contributed by atoms with Gasteiger partial charge in [-0.3, -0.25) is 30.3 Å². The summed E-state index contributed by atoms with van der Waals surface area (Å²) in [5.41, 5.74) is -1.26. The predicted octanol–water partition coefficient (Wildman–Crippen LogP) is 2.77. The second-order valence-electron chi connectivity index (χ2n) is 4.67. The summed E-state index contributed by atoms with van der Waals surface area (Å²) < 4.78 is 13.1. The van der Waals surface area contributed by atoms with E-state index in [0.29, 0.717) is 0 Å². The molecular weight excluding hydrogens is 355 g/mol. The summed E-state index contributed by atoms with van der Waals surface area (Å²) in [5.74, 6) is -1.41. The van der Waals surface area contributed by atoms with E-state index < -0.39 is 32.9 Å². The van der Waals surface area contributed by atoms with Crippen LogP contribution in [0.25, 0.3) is 0 Å². The van der Waals surface area contributed by atoms with Gasteiger partial charge in [0.1, 0.15) is 5.82 Å². The van der Waals surface area contributed by atoms with E-state index in [9.17, 15) is 29.4 Å². The Hall–Kier alpha value is -3.47. The number of thiocarbonyl (C=S) groups is 1. The standard InChI is InChI=1S/C14H9FN4O5S/c15-9-2-1-3-10(6-9)16-14(25)17-13(20)8-4-11(18(21)22)7-12(5-8)19(23)24/h1-7H,(H2,16,17,20,25). The molecule has 0 spiro atoms. The van der Waals surface area contributed by atoms with Crippen molar-refractivity contribution in [2.45, 2.75) is 0 Å². The third kappa shape index (κ3) is 4.75. The lowest BCUT2D eigenvalue weighted by atomic mass is 10.1. The number of benzene rings is 2. The maximum atomic E-state index is 13.1. The Balaban J connectivity index is 2.18. The fourth-order valence-electron chi connectivity index (χ4n) is 1.84. The van der Waals surface area contributed by atoms with Gasteiger partial charge in [0, 0.05) is 17.8 Å². The van der Waals surface area contributed by atoms with Crippen molar-refractivity contribution in [2.24, 2.45) is 0 Å². The molecule has 0 unspecified atom stereocenters. The fraction of sp³-hybridized carbons (Fsp3) is 0. The first-order valence-electron chi connectivity index (χ1n) is 6.58. The summed E-state index contributed by atoms with van der Waals surface area (Å²) in [6.45, 7) is 0. The summed E-state index contributed by atoms with van der Waals surface area (Å²) in [7, 11) is 0. The number of carbonyl (C=O) groups excluding carboxylic acids is 1. The molecule has 0 aliphatic rings. The first kappa shape index (κ1) is 17.9. The van der Waals surface area contributed by atoms with Gasteiger partial charge in [0.25, 0.3) is 17.3 Å². The summed E-state index contributed by atoms with van der Waals surface area (Å²) in [5, 5.41) is 26.2. The van der Waals surface area contributed by atoms with Crippen LogP contribution >= 0.6 is 12.2 Å². The highest BCUT2D eigenvalue weighted by Crippen LogP contribution is 2.22. The van der Waals surface area contributed by atoms with E-state index in [1.165, 1.54) is 18.2 Å². The van der Waals surface area contributed by atoms with Gasteiger partial charge in [-0.25, -0.2) is 4.39 Å². The van der Waals surface area contributed by atoms with Crippen molar-refractivity contribution in [1.82, 2.24) is 5.32 Å². The van der Waals surface area contributed by atoms with Gasteiger partial charge in [0.2, 0.25) is 0 Å². The highest BCUT2D eigenvalue weighted by molar-refractivity contribution is 7.80. The number of non-ortho nitro benzene ring substituents is 2. The Morgan fingerprint density at radius 1 is 1.04 bits per heavy atom. The van der Waals surface area contributed by atoms with Crippen LogP contribution in [0.15, 0.2) is 42.5 Å². The lowest BCUT2D eigenvalue weighted by molar-refractivity contribution is -0.394. The van der Waals surface area contributed by atoms with E-state index in [2.05, 4.69) is 10.6 Å². The normalized spacial score (nSPS) is 9.96. The van der Waals surface area contributed by atoms with Gasteiger partial charge in [0.05, 0.1) is 21.5 Å². The van der Waals surface area contributed by atoms with E-state index in [0.717, 1.165) is 24.3 Å². The molecule has 0 radical (unpaired) electrons. The Kier molecular flexibility index (Phi) is 5.29. The number of nitrogens with zero attached hydrogens (tertiary/aromatic N) is 2. The van der Waals surface area contributed by atoms with Gasteiger partial charge < -0.3 is 5.32 Å². The Morgan fingerprint density at radius 3 is 2.16 bits per heavy atom. The van der Waals surface area contributed by atoms with E-state index in [1.807, 2.05) is 0 Å². The van der Waals surface area contributed by atoms with Gasteiger partial charge in [-0.15, -0.1) is 0 Å². The van der Waals surface area contributed by atoms with Crippen LogP contribution in [0.3, 0.4) is 0 Å². The van der Waals surface area contributed by atoms with Crippen molar-refractivity contribution in [3.63, 3.8) is 0 Å². The van der Waals surface area contributed by atoms with Crippen LogP contribution in [0.2, 0.25) is 0 Å². The molecule has 2 N–H and O–H groups in total. The molecule has 0 saturated carbocycles. The van der Waals surface area contributed by atoms with Gasteiger partial charge in [-0.05, 0) is 30.4 Å². The van der Waals surface area contributed by atoms with Crippen LogP contribution in [0, 0.1) is 26.0 Å². The van der Waals surface area contributed by atoms with Crippen molar-refractivity contribution in [2.75, 3.05) is 5.32 Å². The first-order valence-corrected chi connectivity index (χ1v) is 6.99. The average Bonchev–Trinajstić information content (AvgIpc) is 2.54. The van der Waals surface area contributed by atoms with Gasteiger partial charge in [0.15, 0.2) is 5.11 Å². The molecule has 0 saturated heterocycles. The predicted molar refractivity (Wildman–Crippen MR) is 89.8 cm³/mol. The lowest BCUT2D eigenvalue weighted by Crippen LogP contribution is -2.34. The number of hydrogen-bond acceptors (Lipinski definition) is 6. The number of rotatable bonds is 4. The molecule has 0 aliphatic heterocycles. The third-order valence-corrected chi connectivity index (χ3v) is 3.10. The minimum absolute atomic E-state index is 0.204. The zero-order valence-corrected chi connectivity index (χ0v) is 13.1. The van der Waals surface area contributed by atoms with Crippen LogP contribution in [-0.4, -0.2) is 20.9 Å². The van der Waals surface area contributed by atoms with Crippen molar-refractivity contribution < 1.29 is 19.0 Å². The molecule has 2 aromatic carbocycles. The highest BCUT2D eigenvalue weighted by Gasteiger charge is 2.20. The SMILES string of the molecule is O=C(NC(=S)Nc1cccc(F)c1)c1cc([N+](=O)[O-])cc([N+](=O)[O-])c1. The summed E-state index contributed by atoms with van der Waals surface area (Å²) in [6, 6.07) is 7.78. The minimum atomic E-state index is -0.888. The van der Waals surface area contributed by atoms with Crippen LogP contribution < -0.4 is 10.6 Å². The molecule has 25 heavy (non-hydrogen) atoms. The number of hydrogen-bond donors (Lipinski definition) is 2. The molecule has 2 rings (SSSR count). The third-order valence-electron chi connectivity index (χ3n) is 2.90. The van der Waals surface area contributed by atoms with Crippen LogP contribution in [0.1, 0.15) is 10.4 Å². The van der Waals surface area contributed by atoms with Crippen molar-refractivity contribution >= 4 is 40.3 Å². The molecule has 0 aliphatic carbocycles. The van der Waals surface area contributed by atoms with E-state index in [-0.39, 0.29) is 16.4 Å². The number of halogens is 1. The number of nitro benzene ring substituents is 2. The van der Waals surface area contributed by atoms with Gasteiger partial charge in [-0.2, -0.15) is 0 Å². The zero-order chi connectivity index (χ0) is 18.6. The smallest absolute Gasteiger partial charge is 0.277 e. The molecular formula is C14H9FN4O5S. The second-order valence-corrected chi connectivity index (χ2v) is 5.08. The van der Waals surface area contributed by atoms with Crippen LogP contribution in [-0.2, 0) is 0 Å². The molecule has 0 fully saturated rings. The quantitative estimate of drug-likeness (QED) is 0.485. The number of amides is 1. The monoisotopic (exact) mass is 364 g/mol. The van der Waals surface area contributed by atoms with E-state index in [1.54, 1.807) is 0 Å². The molecule has 0 aromatic heterocycles. The number of nitro groups is 2. The molecule has 2 aromatic rings. The fourth-order valence-corrected chi connectivity index (χ4v) is 2.05. The van der Waals surface area contributed by atoms with Crippen molar-refractivity contribution in [1.29, 1.82) is 0 Å². The molecule has 1 amide bonds. The van der Waals surface area contributed by atoms with Crippen LogP contribution in [0.4, 0.5) is 21.5 Å². The zero-order valence-electron chi connectivity index (χ0n) is 12.3. The topological polar surface area (TPSA) is 127 Å². The Morgan fingerprint density at radius 2 is 1.64 bits per heavy atom. The van der Waals surface area contributed by atoms with Crippen molar-refractivity contribution in [3.8, 4) is 0 Å². The summed E-state index contributed by atoms with van der Waals surface area (Å²) in [4.78, 5) is 32.0. The van der Waals surface area contributed by atoms with E-state index in [4.69, 9.17) is 12.2 Å². The lowest BCUT2D eigenvalue weighted by Gasteiger charge is -2.09.